The lowest BCUT2D eigenvalue weighted by Crippen LogP contribution is -2.09. The largest absolute Gasteiger partial charge is 0.336 e. The summed E-state index contributed by atoms with van der Waals surface area (Å²) in [6.07, 6.45) is 0. The summed E-state index contributed by atoms with van der Waals surface area (Å²) in [4.78, 5) is 2.98. The van der Waals surface area contributed by atoms with E-state index in [2.05, 4.69) is 173 Å². The molecule has 20 aromatic carbocycles. The van der Waals surface area contributed by atoms with E-state index >= 15 is 0 Å². The molecule has 4 heteroatoms. The Hall–Kier alpha value is -16.4. The molecule has 2 aromatic heterocycles. The highest BCUT2D eigenvalue weighted by molar-refractivity contribution is 6.11. The highest BCUT2D eigenvalue weighted by atomic mass is 15.1. The van der Waals surface area contributed by atoms with Crippen molar-refractivity contribution >= 4 is 77.7 Å². The summed E-state index contributed by atoms with van der Waals surface area (Å²) in [7, 11) is 0. The number of anilines is 6. The first-order chi connectivity index (χ1) is 71.2. The van der Waals surface area contributed by atoms with E-state index in [-0.39, 0.29) is 46.7 Å². The quantitative estimate of drug-likeness (QED) is 0.0756. The highest BCUT2D eigenvalue weighted by Crippen LogP contribution is 2.44. The lowest BCUT2D eigenvalue weighted by molar-refractivity contribution is 0.869. The Balaban J connectivity index is 0.000000175. The molecule has 126 heavy (non-hydrogen) atoms. The van der Waals surface area contributed by atoms with Crippen molar-refractivity contribution in [2.45, 2.75) is 13.1 Å². The SMILES string of the molecule is [2H]c1c([2H])c(N(c2ccc(-c3ccccc3)cc2)c2ccc(-c3cccc(-c4ccccc4)c3)cc2)c([2H])c([2H])c1-c1ccc2c(c1)c1ccccc1n2Cc1cccc(-c2ccccc2)c1.[2H]c1c([2H])c([2H])c(-c2c([2H])c([2H])c([2H])c(-c3c([2H])c([2H])c(N(c4ccc(-c5ccccc5)cc4)c4c([2H])c([2H])c(-c5ccc6c(c5)c5ccccc5n6Cc5cccc(-c6ccccc6)c5)c([2H])c4[2H])c([2H])c3[2H])c2[2H])c([2H])c1[2H]. The first kappa shape index (κ1) is 57.0. The lowest BCUT2D eigenvalue weighted by Gasteiger charge is -2.26. The van der Waals surface area contributed by atoms with Crippen molar-refractivity contribution in [2.24, 2.45) is 0 Å². The first-order valence-corrected chi connectivity index (χ1v) is 41.7. The van der Waals surface area contributed by atoms with Gasteiger partial charge in [0.2, 0.25) is 0 Å². The minimum atomic E-state index is -0.877. The van der Waals surface area contributed by atoms with Gasteiger partial charge in [0.25, 0.3) is 0 Å². The molecule has 0 N–H and O–H groups in total. The molecule has 0 unspecified atom stereocenters. The summed E-state index contributed by atoms with van der Waals surface area (Å²) in [5, 5.41) is 3.76. The van der Waals surface area contributed by atoms with E-state index in [1.54, 1.807) is 30.3 Å². The molecular formula is C122H88N4. The van der Waals surface area contributed by atoms with Gasteiger partial charge in [-0.05, 0) is 256 Å². The van der Waals surface area contributed by atoms with Crippen LogP contribution < -0.4 is 9.80 Å². The zero-order chi connectivity index (χ0) is 102. The van der Waals surface area contributed by atoms with Gasteiger partial charge >= 0.3 is 0 Å². The summed E-state index contributed by atoms with van der Waals surface area (Å²) in [6.45, 7) is 1.18. The third-order valence-electron chi connectivity index (χ3n) is 22.9. The molecular weight excluding hydrogens is 1520 g/mol. The van der Waals surface area contributed by atoms with Crippen LogP contribution in [0.3, 0.4) is 0 Å². The molecule has 0 radical (unpaired) electrons. The Labute approximate surface area is 766 Å². The van der Waals surface area contributed by atoms with Gasteiger partial charge in [-0.2, -0.15) is 0 Å². The standard InChI is InChI=1S/2C61H44N2/c2*1-4-15-45(16-5-1)48-26-33-55(34-27-48)63(56-35-28-49(29-36-56)53-23-13-22-52(41-53)47-19-8-3-9-20-47)57-37-30-50(31-38-57)54-32-39-61-59(42-54)58-24-10-11-25-60(58)62(61)43-44-14-12-21-51(40-44)46-17-6-2-7-18-46/h2*1-42H,43H2/i3D,8D,9D,13D,19D,20D,22D,23D,28D,29D,30D,31D,35D,36D,37D,38D,41D;30D,31D,37D,38D. The molecule has 0 saturated heterocycles. The zero-order valence-electron chi connectivity index (χ0n) is 89.1. The van der Waals surface area contributed by atoms with Crippen molar-refractivity contribution in [2.75, 3.05) is 9.80 Å². The van der Waals surface area contributed by atoms with E-state index in [4.69, 9.17) is 11.0 Å². The van der Waals surface area contributed by atoms with Crippen LogP contribution in [0.1, 0.15) is 39.9 Å². The number of hydrogen-bond acceptors (Lipinski definition) is 2. The number of nitrogens with zero attached hydrogens (tertiary/aromatic N) is 4. The van der Waals surface area contributed by atoms with E-state index in [1.165, 1.54) is 11.1 Å². The number of hydrogen-bond donors (Lipinski definition) is 0. The van der Waals surface area contributed by atoms with Gasteiger partial charge < -0.3 is 18.9 Å². The monoisotopic (exact) mass is 1630 g/mol. The molecule has 4 nitrogen and oxygen atoms in total. The third kappa shape index (κ3) is 16.1. The van der Waals surface area contributed by atoms with Gasteiger partial charge in [0, 0.05) is 90.8 Å². The summed E-state index contributed by atoms with van der Waals surface area (Å²) in [5.41, 5.74) is 18.1. The van der Waals surface area contributed by atoms with Gasteiger partial charge in [0.05, 0.1) is 28.8 Å². The second-order valence-corrected chi connectivity index (χ2v) is 30.7. The third-order valence-corrected chi connectivity index (χ3v) is 22.9. The molecule has 0 saturated carbocycles. The summed E-state index contributed by atoms with van der Waals surface area (Å²) >= 11 is 0. The minimum absolute atomic E-state index is 0.0303. The molecule has 596 valence electrons. The molecule has 22 rings (SSSR count). The molecule has 0 aliphatic carbocycles. The van der Waals surface area contributed by atoms with Crippen LogP contribution in [0.5, 0.6) is 0 Å². The topological polar surface area (TPSA) is 16.3 Å². The second kappa shape index (κ2) is 35.0. The van der Waals surface area contributed by atoms with Crippen LogP contribution in [0.2, 0.25) is 0 Å². The number of para-hydroxylation sites is 2. The van der Waals surface area contributed by atoms with Crippen LogP contribution in [-0.2, 0) is 13.1 Å². The van der Waals surface area contributed by atoms with Crippen LogP contribution in [0.15, 0.2) is 509 Å². The van der Waals surface area contributed by atoms with Crippen LogP contribution in [-0.4, -0.2) is 9.13 Å². The van der Waals surface area contributed by atoms with E-state index in [1.807, 2.05) is 193 Å². The van der Waals surface area contributed by atoms with Gasteiger partial charge in [0.15, 0.2) is 0 Å². The Kier molecular flexibility index (Phi) is 15.8. The second-order valence-electron chi connectivity index (χ2n) is 30.7. The van der Waals surface area contributed by atoms with Crippen LogP contribution in [0, 0.1) is 0 Å². The Bertz CT molecular complexity index is 8840. The van der Waals surface area contributed by atoms with Gasteiger partial charge in [-0.15, -0.1) is 0 Å². The van der Waals surface area contributed by atoms with E-state index in [9.17, 15) is 17.8 Å². The van der Waals surface area contributed by atoms with Gasteiger partial charge in [-0.25, -0.2) is 0 Å². The molecule has 0 amide bonds. The van der Waals surface area contributed by atoms with E-state index in [0.29, 0.717) is 29.9 Å². The van der Waals surface area contributed by atoms with Crippen molar-refractivity contribution in [1.29, 1.82) is 0 Å². The van der Waals surface area contributed by atoms with Gasteiger partial charge in [-0.3, -0.25) is 0 Å². The van der Waals surface area contributed by atoms with Gasteiger partial charge in [-0.1, -0.05) is 376 Å². The minimum Gasteiger partial charge on any atom is -0.336 e. The van der Waals surface area contributed by atoms with E-state index in [0.717, 1.165) is 121 Å². The highest BCUT2D eigenvalue weighted by Gasteiger charge is 2.21. The predicted octanol–water partition coefficient (Wildman–Crippen LogP) is 33.3. The Morgan fingerprint density at radius 1 is 0.167 bits per heavy atom. The van der Waals surface area contributed by atoms with Crippen LogP contribution >= 0.6 is 0 Å². The lowest BCUT2D eigenvalue weighted by atomic mass is 9.98. The van der Waals surface area contributed by atoms with Crippen molar-refractivity contribution in [3.63, 3.8) is 0 Å². The molecule has 0 aliphatic heterocycles. The van der Waals surface area contributed by atoms with Gasteiger partial charge in [0.1, 0.15) is 0 Å². The molecule has 0 bridgehead atoms. The van der Waals surface area contributed by atoms with Crippen molar-refractivity contribution in [3.8, 4) is 111 Å². The van der Waals surface area contributed by atoms with Crippen LogP contribution in [0.4, 0.5) is 34.1 Å². The van der Waals surface area contributed by atoms with Crippen molar-refractivity contribution < 1.29 is 28.8 Å². The maximum Gasteiger partial charge on any atom is 0.0645 e. The maximum atomic E-state index is 9.73. The fourth-order valence-corrected chi connectivity index (χ4v) is 16.7. The van der Waals surface area contributed by atoms with E-state index < -0.39 is 136 Å². The average molecular weight is 1630 g/mol. The Morgan fingerprint density at radius 3 is 0.810 bits per heavy atom. The smallest absolute Gasteiger partial charge is 0.0645 e. The molecule has 0 aliphatic rings. The molecule has 0 atom stereocenters. The fourth-order valence-electron chi connectivity index (χ4n) is 16.7. The van der Waals surface area contributed by atoms with Crippen LogP contribution in [0.25, 0.3) is 155 Å². The van der Waals surface area contributed by atoms with Crippen molar-refractivity contribution in [3.05, 3.63) is 520 Å². The number of benzene rings is 20. The van der Waals surface area contributed by atoms with Crippen molar-refractivity contribution in [1.82, 2.24) is 9.13 Å². The summed E-state index contributed by atoms with van der Waals surface area (Å²) in [5.74, 6) is 0. The fraction of sp³-hybridized carbons (Fsp3) is 0.0164. The first-order valence-electron chi connectivity index (χ1n) is 52.2. The average Bonchev–Trinajstić information content (AvgIpc) is 0.995. The number of rotatable bonds is 20. The molecule has 0 spiro atoms. The summed E-state index contributed by atoms with van der Waals surface area (Å²) in [6, 6.07) is 113. The molecule has 22 aromatic rings. The molecule has 2 heterocycles. The zero-order valence-corrected chi connectivity index (χ0v) is 68.1. The number of aromatic nitrogens is 2. The maximum absolute atomic E-state index is 9.73. The normalized spacial score (nSPS) is 13.6. The summed E-state index contributed by atoms with van der Waals surface area (Å²) < 4.78 is 198. The molecule has 0 fully saturated rings. The number of fused-ring (bicyclic) bond motifs is 6. The Morgan fingerprint density at radius 2 is 0.429 bits per heavy atom. The predicted molar refractivity (Wildman–Crippen MR) is 534 cm³/mol.